The molecule has 1 unspecified atom stereocenters. The average molecular weight is 197 g/mol. The molecule has 4 nitrogen and oxygen atoms in total. The van der Waals surface area contributed by atoms with Gasteiger partial charge in [-0.1, -0.05) is 0 Å². The zero-order valence-electron chi connectivity index (χ0n) is 8.54. The van der Waals surface area contributed by atoms with E-state index in [1.54, 1.807) is 0 Å². The van der Waals surface area contributed by atoms with Crippen LogP contribution in [0.5, 0.6) is 0 Å². The van der Waals surface area contributed by atoms with Crippen molar-refractivity contribution in [3.63, 3.8) is 0 Å². The quantitative estimate of drug-likeness (QED) is 0.635. The second-order valence-corrected chi connectivity index (χ2v) is 4.42. The van der Waals surface area contributed by atoms with Gasteiger partial charge in [-0.15, -0.1) is 0 Å². The fourth-order valence-corrected chi connectivity index (χ4v) is 2.18. The molecule has 2 fully saturated rings. The number of amides is 1. The zero-order chi connectivity index (χ0) is 9.97. The second-order valence-electron chi connectivity index (χ2n) is 4.42. The molecule has 0 aromatic rings. The third-order valence-electron chi connectivity index (χ3n) is 3.04. The van der Waals surface area contributed by atoms with Crippen molar-refractivity contribution in [2.45, 2.75) is 37.8 Å². The number of rotatable bonds is 5. The van der Waals surface area contributed by atoms with Gasteiger partial charge in [-0.3, -0.25) is 9.69 Å². The molecule has 1 aliphatic carbocycles. The number of carbonyl (C=O) groups is 1. The molecule has 14 heavy (non-hydrogen) atoms. The van der Waals surface area contributed by atoms with Gasteiger partial charge in [-0.2, -0.15) is 0 Å². The second kappa shape index (κ2) is 4.28. The molecule has 80 valence electrons. The van der Waals surface area contributed by atoms with Gasteiger partial charge in [0, 0.05) is 18.6 Å². The lowest BCUT2D eigenvalue weighted by atomic mass is 10.2. The van der Waals surface area contributed by atoms with Crippen molar-refractivity contribution in [3.8, 4) is 0 Å². The Morgan fingerprint density at radius 3 is 2.71 bits per heavy atom. The molecule has 1 atom stereocenters. The van der Waals surface area contributed by atoms with Crippen molar-refractivity contribution in [1.29, 1.82) is 0 Å². The van der Waals surface area contributed by atoms with Crippen LogP contribution in [0.1, 0.15) is 25.7 Å². The highest BCUT2D eigenvalue weighted by Crippen LogP contribution is 2.27. The van der Waals surface area contributed by atoms with Gasteiger partial charge in [-0.25, -0.2) is 0 Å². The van der Waals surface area contributed by atoms with Crippen molar-refractivity contribution in [2.24, 2.45) is 5.73 Å². The number of nitrogens with zero attached hydrogens (tertiary/aromatic N) is 1. The molecule has 1 amide bonds. The monoisotopic (exact) mass is 197 g/mol. The maximum atomic E-state index is 10.9. The molecular formula is C10H19N3O. The van der Waals surface area contributed by atoms with Crippen LogP contribution in [-0.4, -0.2) is 42.5 Å². The SMILES string of the molecule is NC(=O)CN(CC1CCCN1)C1CC1. The highest BCUT2D eigenvalue weighted by atomic mass is 16.1. The minimum Gasteiger partial charge on any atom is -0.369 e. The molecule has 0 bridgehead atoms. The lowest BCUT2D eigenvalue weighted by molar-refractivity contribution is -0.119. The summed E-state index contributed by atoms with van der Waals surface area (Å²) in [6, 6.07) is 1.21. The minimum absolute atomic E-state index is 0.199. The van der Waals surface area contributed by atoms with Gasteiger partial charge in [0.15, 0.2) is 0 Å². The molecule has 2 rings (SSSR count). The van der Waals surface area contributed by atoms with Crippen molar-refractivity contribution in [2.75, 3.05) is 19.6 Å². The van der Waals surface area contributed by atoms with Crippen LogP contribution in [-0.2, 0) is 4.79 Å². The minimum atomic E-state index is -0.199. The Kier molecular flexibility index (Phi) is 3.03. The van der Waals surface area contributed by atoms with Crippen LogP contribution < -0.4 is 11.1 Å². The average Bonchev–Trinajstić information content (AvgIpc) is 2.85. The molecule has 0 radical (unpaired) electrons. The molecule has 4 heteroatoms. The van der Waals surface area contributed by atoms with E-state index in [9.17, 15) is 4.79 Å². The molecule has 1 saturated heterocycles. The Morgan fingerprint density at radius 2 is 2.21 bits per heavy atom. The highest BCUT2D eigenvalue weighted by molar-refractivity contribution is 5.76. The van der Waals surface area contributed by atoms with Gasteiger partial charge in [0.05, 0.1) is 6.54 Å². The molecule has 1 saturated carbocycles. The highest BCUT2D eigenvalue weighted by Gasteiger charge is 2.31. The van der Waals surface area contributed by atoms with E-state index in [1.807, 2.05) is 0 Å². The van der Waals surface area contributed by atoms with Crippen molar-refractivity contribution in [3.05, 3.63) is 0 Å². The van der Waals surface area contributed by atoms with Crippen molar-refractivity contribution < 1.29 is 4.79 Å². The lowest BCUT2D eigenvalue weighted by Gasteiger charge is -2.23. The summed E-state index contributed by atoms with van der Waals surface area (Å²) in [6.07, 6.45) is 4.97. The summed E-state index contributed by atoms with van der Waals surface area (Å²) in [7, 11) is 0. The molecule has 2 aliphatic rings. The largest absolute Gasteiger partial charge is 0.369 e. The van der Waals surface area contributed by atoms with Gasteiger partial charge in [0.25, 0.3) is 0 Å². The molecule has 1 heterocycles. The van der Waals surface area contributed by atoms with Gasteiger partial charge in [-0.05, 0) is 32.2 Å². The topological polar surface area (TPSA) is 58.4 Å². The lowest BCUT2D eigenvalue weighted by Crippen LogP contribution is -2.42. The Labute approximate surface area is 84.8 Å². The Hall–Kier alpha value is -0.610. The fraction of sp³-hybridized carbons (Fsp3) is 0.900. The number of primary amides is 1. The van der Waals surface area contributed by atoms with Gasteiger partial charge in [0.1, 0.15) is 0 Å². The van der Waals surface area contributed by atoms with Gasteiger partial charge in [0.2, 0.25) is 5.91 Å². The Bertz CT molecular complexity index is 209. The summed E-state index contributed by atoms with van der Waals surface area (Å²) in [5.74, 6) is -0.199. The first-order valence-electron chi connectivity index (χ1n) is 5.51. The number of carbonyl (C=O) groups excluding carboxylic acids is 1. The number of hydrogen-bond donors (Lipinski definition) is 2. The summed E-state index contributed by atoms with van der Waals surface area (Å²) in [5, 5.41) is 3.45. The van der Waals surface area contributed by atoms with Crippen LogP contribution >= 0.6 is 0 Å². The molecule has 3 N–H and O–H groups in total. The Balaban J connectivity index is 1.80. The maximum Gasteiger partial charge on any atom is 0.231 e. The molecule has 1 aliphatic heterocycles. The maximum absolute atomic E-state index is 10.9. The molecule has 0 spiro atoms. The van der Waals surface area contributed by atoms with Crippen molar-refractivity contribution >= 4 is 5.91 Å². The van der Waals surface area contributed by atoms with E-state index in [4.69, 9.17) is 5.73 Å². The summed E-state index contributed by atoms with van der Waals surface area (Å²) in [5.41, 5.74) is 5.23. The van der Waals surface area contributed by atoms with E-state index in [2.05, 4.69) is 10.2 Å². The van der Waals surface area contributed by atoms with Gasteiger partial charge < -0.3 is 11.1 Å². The summed E-state index contributed by atoms with van der Waals surface area (Å²) >= 11 is 0. The third-order valence-corrected chi connectivity index (χ3v) is 3.04. The number of nitrogens with two attached hydrogens (primary N) is 1. The summed E-state index contributed by atoms with van der Waals surface area (Å²) < 4.78 is 0. The first kappa shape index (κ1) is 9.93. The van der Waals surface area contributed by atoms with E-state index in [0.29, 0.717) is 18.6 Å². The van der Waals surface area contributed by atoms with Crippen LogP contribution in [0.2, 0.25) is 0 Å². The normalized spacial score (nSPS) is 27.1. The third kappa shape index (κ3) is 2.69. The summed E-state index contributed by atoms with van der Waals surface area (Å²) in [6.45, 7) is 2.55. The summed E-state index contributed by atoms with van der Waals surface area (Å²) in [4.78, 5) is 13.1. The van der Waals surface area contributed by atoms with E-state index in [-0.39, 0.29) is 5.91 Å². The molecular weight excluding hydrogens is 178 g/mol. The first-order chi connectivity index (χ1) is 6.75. The predicted molar refractivity (Wildman–Crippen MR) is 54.8 cm³/mol. The van der Waals surface area contributed by atoms with E-state index in [0.717, 1.165) is 13.1 Å². The van der Waals surface area contributed by atoms with E-state index in [1.165, 1.54) is 25.7 Å². The van der Waals surface area contributed by atoms with Crippen LogP contribution in [0.3, 0.4) is 0 Å². The van der Waals surface area contributed by atoms with Gasteiger partial charge >= 0.3 is 0 Å². The Morgan fingerprint density at radius 1 is 1.43 bits per heavy atom. The standard InChI is InChI=1S/C10H19N3O/c11-10(14)7-13(9-3-4-9)6-8-2-1-5-12-8/h8-9,12H,1-7H2,(H2,11,14). The zero-order valence-corrected chi connectivity index (χ0v) is 8.54. The molecule has 0 aromatic carbocycles. The van der Waals surface area contributed by atoms with Crippen LogP contribution in [0.4, 0.5) is 0 Å². The first-order valence-corrected chi connectivity index (χ1v) is 5.51. The fourth-order valence-electron chi connectivity index (χ4n) is 2.18. The van der Waals surface area contributed by atoms with Crippen LogP contribution in [0.25, 0.3) is 0 Å². The number of hydrogen-bond acceptors (Lipinski definition) is 3. The van der Waals surface area contributed by atoms with Crippen LogP contribution in [0, 0.1) is 0 Å². The van der Waals surface area contributed by atoms with Crippen LogP contribution in [0.15, 0.2) is 0 Å². The molecule has 0 aromatic heterocycles. The smallest absolute Gasteiger partial charge is 0.231 e. The van der Waals surface area contributed by atoms with E-state index >= 15 is 0 Å². The van der Waals surface area contributed by atoms with E-state index < -0.39 is 0 Å². The number of nitrogens with one attached hydrogen (secondary N) is 1. The predicted octanol–water partition coefficient (Wildman–Crippen LogP) is -0.312. The van der Waals surface area contributed by atoms with Crippen molar-refractivity contribution in [1.82, 2.24) is 10.2 Å².